The lowest BCUT2D eigenvalue weighted by atomic mass is 10.1. The Balaban J connectivity index is 1.53. The molecule has 1 aliphatic heterocycles. The number of nitrogens with one attached hydrogen (secondary N) is 2. The molecule has 0 spiro atoms. The summed E-state index contributed by atoms with van der Waals surface area (Å²) in [5.74, 6) is -0.368. The van der Waals surface area contributed by atoms with Crippen molar-refractivity contribution in [2.24, 2.45) is 0 Å². The van der Waals surface area contributed by atoms with Crippen LogP contribution in [0.4, 0.5) is 0 Å². The second-order valence-corrected chi connectivity index (χ2v) is 9.41. The zero-order chi connectivity index (χ0) is 22.3. The average molecular weight is 442 g/mol. The van der Waals surface area contributed by atoms with Gasteiger partial charge in [-0.25, -0.2) is 8.42 Å². The second kappa shape index (κ2) is 10.4. The lowest BCUT2D eigenvalue weighted by Gasteiger charge is -2.31. The number of hydrogen-bond acceptors (Lipinski definition) is 4. The van der Waals surface area contributed by atoms with Gasteiger partial charge in [-0.05, 0) is 42.2 Å². The largest absolute Gasteiger partial charge is 0.352 e. The topological polar surface area (TPSA) is 95.6 Å². The number of benzene rings is 2. The number of piperidine rings is 1. The predicted molar refractivity (Wildman–Crippen MR) is 119 cm³/mol. The van der Waals surface area contributed by atoms with E-state index in [1.54, 1.807) is 24.3 Å². The van der Waals surface area contributed by atoms with Crippen LogP contribution in [0.5, 0.6) is 0 Å². The molecule has 1 saturated heterocycles. The van der Waals surface area contributed by atoms with Crippen LogP contribution in [0.1, 0.15) is 24.0 Å². The third-order valence-corrected chi connectivity index (χ3v) is 7.16. The van der Waals surface area contributed by atoms with Crippen LogP contribution in [0.15, 0.2) is 72.1 Å². The number of sulfonamides is 1. The van der Waals surface area contributed by atoms with Crippen molar-refractivity contribution < 1.29 is 18.0 Å². The summed E-state index contributed by atoms with van der Waals surface area (Å²) in [5, 5.41) is 5.67. The van der Waals surface area contributed by atoms with E-state index in [9.17, 15) is 18.0 Å². The van der Waals surface area contributed by atoms with E-state index in [4.69, 9.17) is 0 Å². The normalized spacial score (nSPS) is 15.2. The molecule has 0 atom stereocenters. The van der Waals surface area contributed by atoms with Gasteiger partial charge in [0.25, 0.3) is 0 Å². The molecule has 0 aliphatic carbocycles. The molecule has 2 aromatic carbocycles. The first-order chi connectivity index (χ1) is 14.9. The predicted octanol–water partition coefficient (Wildman–Crippen LogP) is 2.00. The maximum Gasteiger partial charge on any atom is 0.243 e. The molecule has 8 heteroatoms. The molecule has 2 N–H and O–H groups in total. The molecule has 0 radical (unpaired) electrons. The molecule has 2 aromatic rings. The van der Waals surface area contributed by atoms with Gasteiger partial charge in [0.2, 0.25) is 21.8 Å². The van der Waals surface area contributed by atoms with Crippen molar-refractivity contribution in [2.75, 3.05) is 13.1 Å². The van der Waals surface area contributed by atoms with E-state index in [2.05, 4.69) is 17.2 Å². The van der Waals surface area contributed by atoms with Crippen molar-refractivity contribution >= 4 is 21.8 Å². The third-order valence-electron chi connectivity index (χ3n) is 5.24. The maximum absolute atomic E-state index is 12.9. The molecule has 0 bridgehead atoms. The summed E-state index contributed by atoms with van der Waals surface area (Å²) >= 11 is 0. The molecule has 0 saturated carbocycles. The van der Waals surface area contributed by atoms with Crippen LogP contribution in [0, 0.1) is 0 Å². The molecule has 1 fully saturated rings. The highest BCUT2D eigenvalue weighted by atomic mass is 32.2. The molecule has 0 aromatic heterocycles. The summed E-state index contributed by atoms with van der Waals surface area (Å²) in [6, 6.07) is 16.0. The van der Waals surface area contributed by atoms with Gasteiger partial charge in [-0.2, -0.15) is 4.31 Å². The second-order valence-electron chi connectivity index (χ2n) is 7.47. The molecule has 1 heterocycles. The van der Waals surface area contributed by atoms with Crippen molar-refractivity contribution in [1.29, 1.82) is 0 Å². The minimum atomic E-state index is -3.61. The van der Waals surface area contributed by atoms with Crippen molar-refractivity contribution in [1.82, 2.24) is 14.9 Å². The minimum absolute atomic E-state index is 0.0475. The number of nitrogens with zero attached hydrogens (tertiary/aromatic N) is 1. The fourth-order valence-electron chi connectivity index (χ4n) is 3.47. The van der Waals surface area contributed by atoms with Gasteiger partial charge in [0.1, 0.15) is 0 Å². The van der Waals surface area contributed by atoms with Crippen molar-refractivity contribution in [2.45, 2.75) is 36.7 Å². The Bertz CT molecular complexity index is 1010. The van der Waals surface area contributed by atoms with Crippen LogP contribution in [0.3, 0.4) is 0 Å². The summed E-state index contributed by atoms with van der Waals surface area (Å²) in [7, 11) is -3.61. The van der Waals surface area contributed by atoms with E-state index in [1.165, 1.54) is 10.4 Å². The summed E-state index contributed by atoms with van der Waals surface area (Å²) in [6.07, 6.45) is 2.51. The Kier molecular flexibility index (Phi) is 7.59. The van der Waals surface area contributed by atoms with Gasteiger partial charge in [0.15, 0.2) is 0 Å². The van der Waals surface area contributed by atoms with E-state index >= 15 is 0 Å². The Morgan fingerprint density at radius 2 is 1.65 bits per heavy atom. The van der Waals surface area contributed by atoms with E-state index < -0.39 is 10.0 Å². The van der Waals surface area contributed by atoms with Crippen molar-refractivity contribution in [3.05, 3.63) is 78.4 Å². The minimum Gasteiger partial charge on any atom is -0.352 e. The zero-order valence-corrected chi connectivity index (χ0v) is 18.1. The SMILES string of the molecule is C=CC(=O)NC1CCN(S(=O)(=O)c2ccc(CC(=O)NCc3ccccc3)cc2)CC1. The quantitative estimate of drug-likeness (QED) is 0.613. The number of amides is 2. The summed E-state index contributed by atoms with van der Waals surface area (Å²) in [5.41, 5.74) is 1.76. The van der Waals surface area contributed by atoms with Gasteiger partial charge in [0, 0.05) is 25.7 Å². The Labute approximate surface area is 183 Å². The number of rotatable bonds is 8. The van der Waals surface area contributed by atoms with Gasteiger partial charge in [0.05, 0.1) is 11.3 Å². The standard InChI is InChI=1S/C23H27N3O4S/c1-2-22(27)25-20-12-14-26(15-13-20)31(29,30)21-10-8-18(9-11-21)16-23(28)24-17-19-6-4-3-5-7-19/h2-11,20H,1,12-17H2,(H,24,28)(H,25,27). The third kappa shape index (κ3) is 6.26. The molecular formula is C23H27N3O4S. The van der Waals surface area contributed by atoms with Crippen molar-refractivity contribution in [3.63, 3.8) is 0 Å². The van der Waals surface area contributed by atoms with Gasteiger partial charge in [-0.1, -0.05) is 49.0 Å². The molecule has 164 valence electrons. The zero-order valence-electron chi connectivity index (χ0n) is 17.3. The first kappa shape index (κ1) is 22.7. The summed E-state index contributed by atoms with van der Waals surface area (Å²) in [6.45, 7) is 4.56. The van der Waals surface area contributed by atoms with Crippen LogP contribution in [-0.2, 0) is 32.6 Å². The molecule has 2 amide bonds. The van der Waals surface area contributed by atoms with Crippen LogP contribution in [-0.4, -0.2) is 43.7 Å². The Morgan fingerprint density at radius 1 is 1.00 bits per heavy atom. The first-order valence-corrected chi connectivity index (χ1v) is 11.6. The van der Waals surface area contributed by atoms with Gasteiger partial charge < -0.3 is 10.6 Å². The number of carbonyl (C=O) groups is 2. The highest BCUT2D eigenvalue weighted by Gasteiger charge is 2.29. The van der Waals surface area contributed by atoms with E-state index in [1.807, 2.05) is 30.3 Å². The van der Waals surface area contributed by atoms with Crippen molar-refractivity contribution in [3.8, 4) is 0 Å². The average Bonchev–Trinajstić information content (AvgIpc) is 2.79. The fourth-order valence-corrected chi connectivity index (χ4v) is 4.94. The van der Waals surface area contributed by atoms with E-state index in [0.29, 0.717) is 32.5 Å². The molecule has 31 heavy (non-hydrogen) atoms. The maximum atomic E-state index is 12.9. The Morgan fingerprint density at radius 3 is 2.26 bits per heavy atom. The monoisotopic (exact) mass is 441 g/mol. The highest BCUT2D eigenvalue weighted by Crippen LogP contribution is 2.21. The molecule has 0 unspecified atom stereocenters. The lowest BCUT2D eigenvalue weighted by Crippen LogP contribution is -2.46. The summed E-state index contributed by atoms with van der Waals surface area (Å²) in [4.78, 5) is 23.8. The number of hydrogen-bond donors (Lipinski definition) is 2. The van der Waals surface area contributed by atoms with Crippen LogP contribution >= 0.6 is 0 Å². The molecule has 1 aliphatic rings. The Hall–Kier alpha value is -2.97. The molecule has 7 nitrogen and oxygen atoms in total. The van der Waals surface area contributed by atoms with E-state index in [-0.39, 0.29) is 29.2 Å². The molecular weight excluding hydrogens is 414 g/mol. The van der Waals surface area contributed by atoms with Gasteiger partial charge in [-0.3, -0.25) is 9.59 Å². The lowest BCUT2D eigenvalue weighted by molar-refractivity contribution is -0.120. The van der Waals surface area contributed by atoms with Crippen LogP contribution in [0.25, 0.3) is 0 Å². The molecule has 3 rings (SSSR count). The summed E-state index contributed by atoms with van der Waals surface area (Å²) < 4.78 is 27.3. The fraction of sp³-hybridized carbons (Fsp3) is 0.304. The van der Waals surface area contributed by atoms with E-state index in [0.717, 1.165) is 11.1 Å². The highest BCUT2D eigenvalue weighted by molar-refractivity contribution is 7.89. The van der Waals surface area contributed by atoms with Gasteiger partial charge in [-0.15, -0.1) is 0 Å². The smallest absolute Gasteiger partial charge is 0.243 e. The number of carbonyl (C=O) groups excluding carboxylic acids is 2. The van der Waals surface area contributed by atoms with Crippen LogP contribution < -0.4 is 10.6 Å². The van der Waals surface area contributed by atoms with Crippen LogP contribution in [0.2, 0.25) is 0 Å². The first-order valence-electron chi connectivity index (χ1n) is 10.2. The van der Waals surface area contributed by atoms with Gasteiger partial charge >= 0.3 is 0 Å².